The molecule has 6 nitrogen and oxygen atoms in total. The summed E-state index contributed by atoms with van der Waals surface area (Å²) >= 11 is 1.40. The lowest BCUT2D eigenvalue weighted by molar-refractivity contribution is 0.0917. The van der Waals surface area contributed by atoms with Gasteiger partial charge in [-0.2, -0.15) is 0 Å². The Bertz CT molecular complexity index is 588. The molecule has 0 atom stereocenters. The molecule has 3 rings (SSSR count). The quantitative estimate of drug-likeness (QED) is 0.865. The van der Waals surface area contributed by atoms with Crippen LogP contribution >= 0.6 is 11.3 Å². The highest BCUT2D eigenvalue weighted by atomic mass is 32.1. The van der Waals surface area contributed by atoms with Crippen molar-refractivity contribution in [1.29, 1.82) is 0 Å². The first-order chi connectivity index (χ1) is 9.22. The highest BCUT2D eigenvalue weighted by Crippen LogP contribution is 2.39. The zero-order valence-corrected chi connectivity index (χ0v) is 11.1. The van der Waals surface area contributed by atoms with Gasteiger partial charge in [0.1, 0.15) is 0 Å². The van der Waals surface area contributed by atoms with E-state index >= 15 is 0 Å². The van der Waals surface area contributed by atoms with Crippen molar-refractivity contribution in [3.05, 3.63) is 28.6 Å². The Hall–Kier alpha value is -1.89. The van der Waals surface area contributed by atoms with Gasteiger partial charge in [0.15, 0.2) is 5.13 Å². The van der Waals surface area contributed by atoms with Crippen LogP contribution in [-0.4, -0.2) is 22.6 Å². The maximum atomic E-state index is 11.8. The van der Waals surface area contributed by atoms with Gasteiger partial charge in [-0.25, -0.2) is 4.98 Å². The minimum Gasteiger partial charge on any atom is -0.375 e. The summed E-state index contributed by atoms with van der Waals surface area (Å²) in [5, 5.41) is 9.12. The first kappa shape index (κ1) is 12.2. The number of hydrogen-bond donors (Lipinski definition) is 2. The molecule has 0 radical (unpaired) electrons. The van der Waals surface area contributed by atoms with E-state index in [1.54, 1.807) is 6.07 Å². The second kappa shape index (κ2) is 5.00. The smallest absolute Gasteiger partial charge is 0.289 e. The third-order valence-electron chi connectivity index (χ3n) is 2.98. The lowest BCUT2D eigenvalue weighted by Gasteiger charge is -1.99. The van der Waals surface area contributed by atoms with E-state index in [4.69, 9.17) is 10.3 Å². The summed E-state index contributed by atoms with van der Waals surface area (Å²) in [5.74, 6) is 0.533. The van der Waals surface area contributed by atoms with Crippen LogP contribution in [0, 0.1) is 0 Å². The summed E-state index contributed by atoms with van der Waals surface area (Å²) in [4.78, 5) is 15.9. The Labute approximate surface area is 114 Å². The van der Waals surface area contributed by atoms with Gasteiger partial charge in [-0.15, -0.1) is 11.3 Å². The van der Waals surface area contributed by atoms with Crippen LogP contribution in [0.4, 0.5) is 5.13 Å². The summed E-state index contributed by atoms with van der Waals surface area (Å²) in [5.41, 5.74) is 7.31. The van der Waals surface area contributed by atoms with E-state index in [2.05, 4.69) is 15.5 Å². The van der Waals surface area contributed by atoms with E-state index in [0.29, 0.717) is 24.0 Å². The highest BCUT2D eigenvalue weighted by molar-refractivity contribution is 7.13. The molecule has 0 saturated heterocycles. The molecular formula is C12H14N4O2S. The topological polar surface area (TPSA) is 94.0 Å². The fourth-order valence-corrected chi connectivity index (χ4v) is 2.39. The van der Waals surface area contributed by atoms with Crippen molar-refractivity contribution in [2.45, 2.75) is 25.2 Å². The molecule has 0 aromatic carbocycles. The van der Waals surface area contributed by atoms with Crippen molar-refractivity contribution >= 4 is 22.4 Å². The van der Waals surface area contributed by atoms with Gasteiger partial charge in [-0.3, -0.25) is 4.79 Å². The molecule has 1 fully saturated rings. The second-order valence-electron chi connectivity index (χ2n) is 4.57. The molecule has 0 bridgehead atoms. The van der Waals surface area contributed by atoms with Crippen molar-refractivity contribution in [3.63, 3.8) is 0 Å². The number of rotatable bonds is 5. The number of thiazole rings is 1. The van der Waals surface area contributed by atoms with Crippen LogP contribution in [0.2, 0.25) is 0 Å². The molecule has 0 unspecified atom stereocenters. The molecule has 2 aromatic rings. The average molecular weight is 278 g/mol. The van der Waals surface area contributed by atoms with Crippen LogP contribution in [0.1, 0.15) is 40.7 Å². The van der Waals surface area contributed by atoms with E-state index < -0.39 is 0 Å². The number of carbonyl (C=O) groups excluding carboxylic acids is 1. The second-order valence-corrected chi connectivity index (χ2v) is 5.46. The van der Waals surface area contributed by atoms with Gasteiger partial charge in [0.25, 0.3) is 5.91 Å². The van der Waals surface area contributed by atoms with Crippen LogP contribution in [0.15, 0.2) is 16.0 Å². The van der Waals surface area contributed by atoms with Crippen LogP contribution in [-0.2, 0) is 6.42 Å². The largest absolute Gasteiger partial charge is 0.375 e. The predicted octanol–water partition coefficient (Wildman–Crippen LogP) is 1.56. The van der Waals surface area contributed by atoms with Gasteiger partial charge >= 0.3 is 0 Å². The monoisotopic (exact) mass is 278 g/mol. The molecule has 1 aliphatic rings. The summed E-state index contributed by atoms with van der Waals surface area (Å²) in [6.45, 7) is 0.501. The summed E-state index contributed by atoms with van der Waals surface area (Å²) < 4.78 is 5.04. The Morgan fingerprint density at radius 1 is 1.58 bits per heavy atom. The Balaban J connectivity index is 1.50. The van der Waals surface area contributed by atoms with Crippen LogP contribution in [0.3, 0.4) is 0 Å². The number of carbonyl (C=O) groups is 1. The molecule has 0 spiro atoms. The molecule has 19 heavy (non-hydrogen) atoms. The van der Waals surface area contributed by atoms with Crippen molar-refractivity contribution in [1.82, 2.24) is 15.5 Å². The van der Waals surface area contributed by atoms with E-state index in [1.165, 1.54) is 11.3 Å². The molecule has 2 aromatic heterocycles. The third-order valence-corrected chi connectivity index (χ3v) is 3.71. The number of anilines is 1. The normalized spacial score (nSPS) is 14.5. The number of aromatic nitrogens is 2. The van der Waals surface area contributed by atoms with Gasteiger partial charge in [0.05, 0.1) is 11.4 Å². The fourth-order valence-electron chi connectivity index (χ4n) is 1.80. The number of nitrogens with two attached hydrogens (primary N) is 1. The van der Waals surface area contributed by atoms with Crippen LogP contribution in [0.5, 0.6) is 0 Å². The highest BCUT2D eigenvalue weighted by Gasteiger charge is 2.28. The van der Waals surface area contributed by atoms with Gasteiger partial charge in [-0.05, 0) is 12.8 Å². The molecular weight excluding hydrogens is 264 g/mol. The van der Waals surface area contributed by atoms with E-state index in [-0.39, 0.29) is 11.7 Å². The third kappa shape index (κ3) is 2.93. The maximum Gasteiger partial charge on any atom is 0.289 e. The number of amides is 1. The van der Waals surface area contributed by atoms with E-state index in [1.807, 2.05) is 5.38 Å². The van der Waals surface area contributed by atoms with Crippen molar-refractivity contribution in [3.8, 4) is 0 Å². The van der Waals surface area contributed by atoms with Crippen LogP contribution < -0.4 is 11.1 Å². The summed E-state index contributed by atoms with van der Waals surface area (Å²) in [6.07, 6.45) is 2.93. The first-order valence-corrected chi connectivity index (χ1v) is 7.05. The zero-order chi connectivity index (χ0) is 13.2. The fraction of sp³-hybridized carbons (Fsp3) is 0.417. The van der Waals surface area contributed by atoms with Gasteiger partial charge in [-0.1, -0.05) is 5.16 Å². The Morgan fingerprint density at radius 2 is 2.42 bits per heavy atom. The van der Waals surface area contributed by atoms with Gasteiger partial charge in [0.2, 0.25) is 5.76 Å². The SMILES string of the molecule is Nc1nc(CCNC(=O)c2cc(C3CC3)no2)cs1. The molecule has 1 aliphatic carbocycles. The molecule has 2 heterocycles. The molecule has 3 N–H and O–H groups in total. The van der Waals surface area contributed by atoms with Gasteiger partial charge < -0.3 is 15.6 Å². The minimum absolute atomic E-state index is 0.234. The van der Waals surface area contributed by atoms with Crippen molar-refractivity contribution in [2.75, 3.05) is 12.3 Å². The Morgan fingerprint density at radius 3 is 3.11 bits per heavy atom. The zero-order valence-electron chi connectivity index (χ0n) is 10.3. The van der Waals surface area contributed by atoms with Crippen molar-refractivity contribution < 1.29 is 9.32 Å². The minimum atomic E-state index is -0.234. The van der Waals surface area contributed by atoms with E-state index in [0.717, 1.165) is 24.2 Å². The van der Waals surface area contributed by atoms with Crippen molar-refractivity contribution in [2.24, 2.45) is 0 Å². The summed E-state index contributed by atoms with van der Waals surface area (Å²) in [7, 11) is 0. The number of hydrogen-bond acceptors (Lipinski definition) is 6. The number of nitrogens with one attached hydrogen (secondary N) is 1. The predicted molar refractivity (Wildman–Crippen MR) is 71.0 cm³/mol. The Kier molecular flexibility index (Phi) is 3.20. The standard InChI is InChI=1S/C12H14N4O2S/c13-12-15-8(6-19-12)3-4-14-11(17)10-5-9(16-18-10)7-1-2-7/h5-7H,1-4H2,(H2,13,15)(H,14,17). The molecule has 1 amide bonds. The van der Waals surface area contributed by atoms with Gasteiger partial charge in [0, 0.05) is 30.3 Å². The molecule has 7 heteroatoms. The average Bonchev–Trinajstić information content (AvgIpc) is 2.97. The molecule has 100 valence electrons. The molecule has 1 saturated carbocycles. The lowest BCUT2D eigenvalue weighted by Crippen LogP contribution is -2.25. The molecule has 0 aliphatic heterocycles. The maximum absolute atomic E-state index is 11.8. The number of nitrogens with zero attached hydrogens (tertiary/aromatic N) is 2. The van der Waals surface area contributed by atoms with Crippen LogP contribution in [0.25, 0.3) is 0 Å². The van der Waals surface area contributed by atoms with E-state index in [9.17, 15) is 4.79 Å². The first-order valence-electron chi connectivity index (χ1n) is 6.17. The lowest BCUT2D eigenvalue weighted by atomic mass is 10.2. The number of nitrogen functional groups attached to an aromatic ring is 1. The summed E-state index contributed by atoms with van der Waals surface area (Å²) in [6, 6.07) is 1.73.